The Morgan fingerprint density at radius 3 is 1.67 bits per heavy atom. The molecular formula is C58H39NO. The third kappa shape index (κ3) is 6.41. The number of furan rings is 1. The smallest absolute Gasteiger partial charge is 0.143 e. The molecule has 0 aliphatic rings. The minimum absolute atomic E-state index is 0.112. The lowest BCUT2D eigenvalue weighted by Gasteiger charge is -2.28. The number of anilines is 3. The van der Waals surface area contributed by atoms with Crippen LogP contribution in [0.3, 0.4) is 0 Å². The van der Waals surface area contributed by atoms with Crippen LogP contribution in [0.1, 0.15) is 5.48 Å². The first kappa shape index (κ1) is 31.1. The van der Waals surface area contributed by atoms with Crippen LogP contribution in [0.2, 0.25) is 0 Å². The van der Waals surface area contributed by atoms with E-state index in [0.717, 1.165) is 82.9 Å². The van der Waals surface area contributed by atoms with Crippen molar-refractivity contribution in [3.8, 4) is 55.6 Å². The second-order valence-electron chi connectivity index (χ2n) is 15.0. The topological polar surface area (TPSA) is 16.4 Å². The standard InChI is InChI=1S/C58H39NO/c1-3-13-40(14-4-1)42-25-27-45(28-26-42)51-20-9-10-23-55(51)59(49-34-29-43(30-35-49)48-19-11-18-47(39-48)41-15-5-2-6-16-41)50-36-31-46(32-37-50)52-22-12-24-56-57(52)54-38-33-44-17-7-8-21-53(44)58(54)60-56/h1-39H/i29D,30D,34D,35D. The highest BCUT2D eigenvalue weighted by molar-refractivity contribution is 6.19. The summed E-state index contributed by atoms with van der Waals surface area (Å²) in [5.74, 6) is 0. The molecule has 1 heterocycles. The van der Waals surface area contributed by atoms with Crippen LogP contribution in [0.4, 0.5) is 17.1 Å². The first-order chi connectivity index (χ1) is 31.4. The van der Waals surface area contributed by atoms with Crippen LogP contribution in [0.15, 0.2) is 241 Å². The molecule has 0 atom stereocenters. The van der Waals surface area contributed by atoms with Crippen molar-refractivity contribution in [2.24, 2.45) is 0 Å². The second kappa shape index (κ2) is 15.1. The monoisotopic (exact) mass is 769 g/mol. The molecule has 0 saturated heterocycles. The average Bonchev–Trinajstić information content (AvgIpc) is 3.75. The van der Waals surface area contributed by atoms with Crippen molar-refractivity contribution < 1.29 is 9.90 Å². The van der Waals surface area contributed by atoms with E-state index in [2.05, 4.69) is 78.9 Å². The van der Waals surface area contributed by atoms with E-state index in [1.807, 2.05) is 138 Å². The summed E-state index contributed by atoms with van der Waals surface area (Å²) < 4.78 is 45.0. The van der Waals surface area contributed by atoms with Gasteiger partial charge in [0.05, 0.1) is 11.2 Å². The molecule has 2 heteroatoms. The van der Waals surface area contributed by atoms with E-state index in [9.17, 15) is 5.48 Å². The molecule has 60 heavy (non-hydrogen) atoms. The molecule has 10 aromatic carbocycles. The van der Waals surface area contributed by atoms with E-state index in [-0.39, 0.29) is 35.4 Å². The zero-order chi connectivity index (χ0) is 43.3. The summed E-state index contributed by atoms with van der Waals surface area (Å²) in [6.45, 7) is 0. The second-order valence-corrected chi connectivity index (χ2v) is 15.0. The molecule has 0 aliphatic carbocycles. The van der Waals surface area contributed by atoms with E-state index in [1.54, 1.807) is 0 Å². The molecule has 0 N–H and O–H groups in total. The van der Waals surface area contributed by atoms with Crippen molar-refractivity contribution in [2.75, 3.05) is 4.90 Å². The molecule has 11 rings (SSSR count). The summed E-state index contributed by atoms with van der Waals surface area (Å²) in [7, 11) is 0. The van der Waals surface area contributed by atoms with Crippen molar-refractivity contribution in [3.05, 3.63) is 236 Å². The third-order valence-electron chi connectivity index (χ3n) is 11.4. The first-order valence-corrected chi connectivity index (χ1v) is 20.2. The molecule has 0 radical (unpaired) electrons. The maximum atomic E-state index is 9.71. The summed E-state index contributed by atoms with van der Waals surface area (Å²) in [6, 6.07) is 70.6. The van der Waals surface area contributed by atoms with Crippen molar-refractivity contribution >= 4 is 49.8 Å². The van der Waals surface area contributed by atoms with Crippen LogP contribution >= 0.6 is 0 Å². The van der Waals surface area contributed by atoms with Gasteiger partial charge in [-0.05, 0) is 104 Å². The van der Waals surface area contributed by atoms with Crippen LogP contribution in [0.5, 0.6) is 0 Å². The Bertz CT molecular complexity index is 3500. The molecule has 0 saturated carbocycles. The lowest BCUT2D eigenvalue weighted by Crippen LogP contribution is -2.11. The number of rotatable bonds is 8. The summed E-state index contributed by atoms with van der Waals surface area (Å²) in [6.07, 6.45) is 0. The highest BCUT2D eigenvalue weighted by Crippen LogP contribution is 2.44. The lowest BCUT2D eigenvalue weighted by molar-refractivity contribution is 0.673. The highest BCUT2D eigenvalue weighted by atomic mass is 16.3. The van der Waals surface area contributed by atoms with Crippen LogP contribution in [0.25, 0.3) is 88.3 Å². The fraction of sp³-hybridized carbons (Fsp3) is 0. The van der Waals surface area contributed by atoms with E-state index in [1.165, 1.54) is 0 Å². The average molecular weight is 770 g/mol. The Balaban J connectivity index is 1.08. The Morgan fingerprint density at radius 1 is 0.350 bits per heavy atom. The van der Waals surface area contributed by atoms with E-state index >= 15 is 0 Å². The maximum Gasteiger partial charge on any atom is 0.143 e. The minimum atomic E-state index is -0.138. The first-order valence-electron chi connectivity index (χ1n) is 22.2. The van der Waals surface area contributed by atoms with Crippen molar-refractivity contribution in [1.82, 2.24) is 0 Å². The molecule has 0 fully saturated rings. The van der Waals surface area contributed by atoms with Crippen molar-refractivity contribution in [1.29, 1.82) is 0 Å². The zero-order valence-corrected chi connectivity index (χ0v) is 32.6. The predicted molar refractivity (Wildman–Crippen MR) is 253 cm³/mol. The van der Waals surface area contributed by atoms with Gasteiger partial charge in [-0.3, -0.25) is 0 Å². The van der Waals surface area contributed by atoms with Crippen LogP contribution < -0.4 is 4.90 Å². The van der Waals surface area contributed by atoms with Gasteiger partial charge >= 0.3 is 0 Å². The van der Waals surface area contributed by atoms with Gasteiger partial charge in [-0.2, -0.15) is 0 Å². The molecule has 2 nitrogen and oxygen atoms in total. The fourth-order valence-electron chi connectivity index (χ4n) is 8.41. The van der Waals surface area contributed by atoms with Gasteiger partial charge in [0.15, 0.2) is 0 Å². The maximum absolute atomic E-state index is 9.71. The molecule has 0 aliphatic heterocycles. The molecule has 1 aromatic heterocycles. The molecule has 282 valence electrons. The van der Waals surface area contributed by atoms with Crippen LogP contribution in [0, 0.1) is 0 Å². The Hall–Kier alpha value is -7.94. The molecule has 0 amide bonds. The van der Waals surface area contributed by atoms with E-state index in [0.29, 0.717) is 11.3 Å². The lowest BCUT2D eigenvalue weighted by atomic mass is 9.96. The number of fused-ring (bicyclic) bond motifs is 5. The molecular weight excluding hydrogens is 727 g/mol. The van der Waals surface area contributed by atoms with Crippen molar-refractivity contribution in [3.63, 3.8) is 0 Å². The SMILES string of the molecule is [2H]c1c([2H])c(N(c2ccc(-c3cccc4oc5c6ccccc6ccc5c34)cc2)c2ccccc2-c2ccc(-c3ccccc3)cc2)c([2H])c([2H])c1-c1cccc(-c2ccccc2)c1. The van der Waals surface area contributed by atoms with Gasteiger partial charge in [-0.25, -0.2) is 0 Å². The number of hydrogen-bond donors (Lipinski definition) is 0. The van der Waals surface area contributed by atoms with Crippen LogP contribution in [-0.2, 0) is 0 Å². The van der Waals surface area contributed by atoms with Gasteiger partial charge in [0.25, 0.3) is 0 Å². The highest BCUT2D eigenvalue weighted by Gasteiger charge is 2.19. The van der Waals surface area contributed by atoms with Gasteiger partial charge in [-0.15, -0.1) is 0 Å². The van der Waals surface area contributed by atoms with Gasteiger partial charge in [0.2, 0.25) is 0 Å². The summed E-state index contributed by atoms with van der Waals surface area (Å²) in [4.78, 5) is 1.88. The van der Waals surface area contributed by atoms with Gasteiger partial charge in [-0.1, -0.05) is 188 Å². The minimum Gasteiger partial charge on any atom is -0.455 e. The van der Waals surface area contributed by atoms with E-state index in [4.69, 9.17) is 4.42 Å². The molecule has 11 aromatic rings. The Kier molecular flexibility index (Phi) is 7.83. The van der Waals surface area contributed by atoms with Gasteiger partial charge in [0, 0.05) is 33.1 Å². The van der Waals surface area contributed by atoms with Crippen molar-refractivity contribution in [2.45, 2.75) is 0 Å². The Labute approximate surface area is 355 Å². The van der Waals surface area contributed by atoms with Gasteiger partial charge < -0.3 is 9.32 Å². The molecule has 0 spiro atoms. The number of hydrogen-bond acceptors (Lipinski definition) is 2. The largest absolute Gasteiger partial charge is 0.455 e. The molecule has 0 unspecified atom stereocenters. The molecule has 0 bridgehead atoms. The van der Waals surface area contributed by atoms with Crippen LogP contribution in [-0.4, -0.2) is 0 Å². The normalized spacial score (nSPS) is 12.3. The summed E-state index contributed by atoms with van der Waals surface area (Å²) in [5.41, 5.74) is 12.1. The third-order valence-corrected chi connectivity index (χ3v) is 11.4. The Morgan fingerprint density at radius 2 is 0.900 bits per heavy atom. The number of para-hydroxylation sites is 1. The fourth-order valence-corrected chi connectivity index (χ4v) is 8.41. The quantitative estimate of drug-likeness (QED) is 0.153. The number of benzene rings is 10. The predicted octanol–water partition coefficient (Wildman–Crippen LogP) is 16.5. The summed E-state index contributed by atoms with van der Waals surface area (Å²) in [5, 5.41) is 4.26. The zero-order valence-electron chi connectivity index (χ0n) is 36.6. The van der Waals surface area contributed by atoms with Gasteiger partial charge in [0.1, 0.15) is 11.2 Å². The van der Waals surface area contributed by atoms with E-state index < -0.39 is 0 Å². The number of nitrogens with zero attached hydrogens (tertiary/aromatic N) is 1. The summed E-state index contributed by atoms with van der Waals surface area (Å²) >= 11 is 0.